The van der Waals surface area contributed by atoms with Gasteiger partial charge >= 0.3 is 6.03 Å². The van der Waals surface area contributed by atoms with Crippen molar-refractivity contribution in [2.24, 2.45) is 11.3 Å². The Morgan fingerprint density at radius 3 is 2.72 bits per heavy atom. The SMILES string of the molecule is C#C.COCCNC(=O)N1CCC(C(C)(C)Cc2cc(Cl)cc3cn[nH]c23)CC1. The van der Waals surface area contributed by atoms with Crippen molar-refractivity contribution in [3.8, 4) is 12.8 Å². The number of halogens is 1. The maximum Gasteiger partial charge on any atom is 0.317 e. The number of methoxy groups -OCH3 is 1. The Hall–Kier alpha value is -2.23. The molecule has 1 saturated heterocycles. The van der Waals surface area contributed by atoms with Crippen LogP contribution in [0.15, 0.2) is 18.3 Å². The zero-order chi connectivity index (χ0) is 21.4. The molecule has 1 aromatic carbocycles. The van der Waals surface area contributed by atoms with Gasteiger partial charge in [0.15, 0.2) is 0 Å². The molecule has 0 atom stereocenters. The minimum atomic E-state index is 0.0114. The second-order valence-corrected chi connectivity index (χ2v) is 8.49. The van der Waals surface area contributed by atoms with Gasteiger partial charge in [0, 0.05) is 37.2 Å². The minimum absolute atomic E-state index is 0.0114. The molecule has 1 aliphatic heterocycles. The highest BCUT2D eigenvalue weighted by Crippen LogP contribution is 2.39. The lowest BCUT2D eigenvalue weighted by Crippen LogP contribution is -2.47. The largest absolute Gasteiger partial charge is 0.383 e. The summed E-state index contributed by atoms with van der Waals surface area (Å²) >= 11 is 6.30. The standard InChI is InChI=1S/C20H29ClN4O2.C2H2/c1-20(2,12-14-10-17(21)11-15-13-23-24-18(14)15)16-4-7-25(8-5-16)19(26)22-6-9-27-3;1-2/h10-11,13,16H,4-9,12H2,1-3H3,(H,22,26)(H,23,24);1-2H. The number of carbonyl (C=O) groups excluding carboxylic acids is 1. The lowest BCUT2D eigenvalue weighted by molar-refractivity contribution is 0.109. The molecule has 158 valence electrons. The zero-order valence-corrected chi connectivity index (χ0v) is 18.3. The van der Waals surface area contributed by atoms with Crippen molar-refractivity contribution in [2.75, 3.05) is 33.4 Å². The normalized spacial score (nSPS) is 15.0. The molecule has 2 N–H and O–H groups in total. The Bertz CT molecular complexity index is 823. The Balaban J connectivity index is 0.00000145. The average molecular weight is 419 g/mol. The van der Waals surface area contributed by atoms with Gasteiger partial charge in [0.05, 0.1) is 18.3 Å². The van der Waals surface area contributed by atoms with Crippen LogP contribution in [0.1, 0.15) is 32.3 Å². The van der Waals surface area contributed by atoms with Crippen LogP contribution < -0.4 is 5.32 Å². The van der Waals surface area contributed by atoms with E-state index in [1.807, 2.05) is 23.2 Å². The summed E-state index contributed by atoms with van der Waals surface area (Å²) in [7, 11) is 1.64. The molecule has 0 unspecified atom stereocenters. The van der Waals surface area contributed by atoms with Gasteiger partial charge in [0.25, 0.3) is 0 Å². The number of nitrogens with zero attached hydrogens (tertiary/aromatic N) is 2. The molecule has 3 rings (SSSR count). The van der Waals surface area contributed by atoms with Crippen molar-refractivity contribution in [1.82, 2.24) is 20.4 Å². The predicted octanol–water partition coefficient (Wildman–Crippen LogP) is 4.10. The monoisotopic (exact) mass is 418 g/mol. The van der Waals surface area contributed by atoms with Gasteiger partial charge in [-0.15, -0.1) is 12.8 Å². The molecule has 1 aliphatic rings. The third kappa shape index (κ3) is 5.88. The second kappa shape index (κ2) is 10.5. The van der Waals surface area contributed by atoms with E-state index < -0.39 is 0 Å². The number of aromatic nitrogens is 2. The van der Waals surface area contributed by atoms with Crippen LogP contribution in [0.25, 0.3) is 10.9 Å². The molecule has 6 nitrogen and oxygen atoms in total. The van der Waals surface area contributed by atoms with Crippen molar-refractivity contribution in [2.45, 2.75) is 33.1 Å². The van der Waals surface area contributed by atoms with Crippen LogP contribution in [0.2, 0.25) is 5.02 Å². The molecule has 0 radical (unpaired) electrons. The molecular formula is C22H31ClN4O2. The van der Waals surface area contributed by atoms with Crippen molar-refractivity contribution >= 4 is 28.5 Å². The molecule has 1 aromatic heterocycles. The number of hydrogen-bond acceptors (Lipinski definition) is 3. The summed E-state index contributed by atoms with van der Waals surface area (Å²) in [4.78, 5) is 14.1. The highest BCUT2D eigenvalue weighted by Gasteiger charge is 2.34. The number of likely N-dealkylation sites (tertiary alicyclic amines) is 1. The molecule has 29 heavy (non-hydrogen) atoms. The van der Waals surface area contributed by atoms with Crippen LogP contribution in [0.3, 0.4) is 0 Å². The minimum Gasteiger partial charge on any atom is -0.383 e. The van der Waals surface area contributed by atoms with E-state index in [1.165, 1.54) is 5.56 Å². The number of nitrogens with one attached hydrogen (secondary N) is 2. The Morgan fingerprint density at radius 1 is 1.38 bits per heavy atom. The number of rotatable bonds is 6. The number of hydrogen-bond donors (Lipinski definition) is 2. The van der Waals surface area contributed by atoms with E-state index in [2.05, 4.69) is 42.2 Å². The molecular weight excluding hydrogens is 388 g/mol. The summed E-state index contributed by atoms with van der Waals surface area (Å²) in [5, 5.41) is 12.0. The summed E-state index contributed by atoms with van der Waals surface area (Å²) in [5.74, 6) is 0.553. The third-order valence-electron chi connectivity index (χ3n) is 5.71. The van der Waals surface area contributed by atoms with Crippen molar-refractivity contribution < 1.29 is 9.53 Å². The van der Waals surface area contributed by atoms with E-state index in [9.17, 15) is 4.79 Å². The first kappa shape index (κ1) is 23.1. The van der Waals surface area contributed by atoms with Crippen LogP contribution in [-0.4, -0.2) is 54.5 Å². The molecule has 0 bridgehead atoms. The first-order chi connectivity index (χ1) is 13.9. The summed E-state index contributed by atoms with van der Waals surface area (Å²) in [6.45, 7) is 7.31. The zero-order valence-electron chi connectivity index (χ0n) is 17.5. The quantitative estimate of drug-likeness (QED) is 0.548. The number of H-pyrrole nitrogens is 1. The van der Waals surface area contributed by atoms with E-state index in [0.717, 1.165) is 48.3 Å². The highest BCUT2D eigenvalue weighted by atomic mass is 35.5. The second-order valence-electron chi connectivity index (χ2n) is 8.05. The van der Waals surface area contributed by atoms with Gasteiger partial charge in [-0.05, 0) is 48.3 Å². The first-order valence-electron chi connectivity index (χ1n) is 9.87. The van der Waals surface area contributed by atoms with Crippen LogP contribution in [0.5, 0.6) is 0 Å². The van der Waals surface area contributed by atoms with E-state index in [0.29, 0.717) is 19.1 Å². The third-order valence-corrected chi connectivity index (χ3v) is 5.93. The number of carbonyl (C=O) groups is 1. The summed E-state index contributed by atoms with van der Waals surface area (Å²) in [6, 6.07) is 4.00. The Morgan fingerprint density at radius 2 is 2.07 bits per heavy atom. The number of amides is 2. The van der Waals surface area contributed by atoms with Gasteiger partial charge in [-0.2, -0.15) is 5.10 Å². The van der Waals surface area contributed by atoms with E-state index >= 15 is 0 Å². The fraction of sp³-hybridized carbons (Fsp3) is 0.545. The van der Waals surface area contributed by atoms with Gasteiger partial charge in [-0.3, -0.25) is 5.10 Å². The summed E-state index contributed by atoms with van der Waals surface area (Å²) in [5.41, 5.74) is 2.39. The van der Waals surface area contributed by atoms with Crippen LogP contribution in [0.4, 0.5) is 4.79 Å². The lowest BCUT2D eigenvalue weighted by atomic mass is 9.70. The van der Waals surface area contributed by atoms with Gasteiger partial charge < -0.3 is 15.0 Å². The summed E-state index contributed by atoms with van der Waals surface area (Å²) in [6.07, 6.45) is 12.8. The number of fused-ring (bicyclic) bond motifs is 1. The number of benzene rings is 1. The van der Waals surface area contributed by atoms with E-state index in [4.69, 9.17) is 16.3 Å². The molecule has 7 heteroatoms. The van der Waals surface area contributed by atoms with E-state index in [-0.39, 0.29) is 11.4 Å². The Labute approximate surface area is 178 Å². The highest BCUT2D eigenvalue weighted by molar-refractivity contribution is 6.31. The number of piperidine rings is 1. The molecule has 0 aliphatic carbocycles. The fourth-order valence-electron chi connectivity index (χ4n) is 4.10. The number of ether oxygens (including phenoxy) is 1. The average Bonchev–Trinajstić information content (AvgIpc) is 3.18. The number of urea groups is 1. The molecule has 0 spiro atoms. The summed E-state index contributed by atoms with van der Waals surface area (Å²) < 4.78 is 4.98. The van der Waals surface area contributed by atoms with Crippen molar-refractivity contribution in [3.63, 3.8) is 0 Å². The fourth-order valence-corrected chi connectivity index (χ4v) is 4.35. The van der Waals surface area contributed by atoms with Crippen LogP contribution >= 0.6 is 11.6 Å². The molecule has 2 amide bonds. The van der Waals surface area contributed by atoms with Crippen LogP contribution in [0, 0.1) is 24.2 Å². The maximum absolute atomic E-state index is 12.2. The van der Waals surface area contributed by atoms with Gasteiger partial charge in [0.2, 0.25) is 0 Å². The van der Waals surface area contributed by atoms with Crippen LogP contribution in [-0.2, 0) is 11.2 Å². The van der Waals surface area contributed by atoms with Gasteiger partial charge in [0.1, 0.15) is 0 Å². The predicted molar refractivity (Wildman–Crippen MR) is 118 cm³/mol. The smallest absolute Gasteiger partial charge is 0.317 e. The van der Waals surface area contributed by atoms with Crippen molar-refractivity contribution in [3.05, 3.63) is 28.9 Å². The number of aromatic amines is 1. The lowest BCUT2D eigenvalue weighted by Gasteiger charge is -2.41. The molecule has 0 saturated carbocycles. The first-order valence-corrected chi connectivity index (χ1v) is 10.2. The Kier molecular flexibility index (Phi) is 8.36. The van der Waals surface area contributed by atoms with E-state index in [1.54, 1.807) is 7.11 Å². The number of terminal acetylenes is 1. The van der Waals surface area contributed by atoms with Crippen molar-refractivity contribution in [1.29, 1.82) is 0 Å². The topological polar surface area (TPSA) is 70.2 Å². The van der Waals surface area contributed by atoms with Gasteiger partial charge in [-0.1, -0.05) is 25.4 Å². The molecule has 2 heterocycles. The molecule has 2 aromatic rings. The van der Waals surface area contributed by atoms with Gasteiger partial charge in [-0.25, -0.2) is 4.79 Å². The maximum atomic E-state index is 12.2. The molecule has 1 fully saturated rings.